The lowest BCUT2D eigenvalue weighted by molar-refractivity contribution is -0.114. The van der Waals surface area contributed by atoms with E-state index >= 15 is 0 Å². The summed E-state index contributed by atoms with van der Waals surface area (Å²) in [4.78, 5) is 17.6. The normalized spacial score (nSPS) is 14.0. The molecule has 1 heterocycles. The molecule has 0 saturated carbocycles. The summed E-state index contributed by atoms with van der Waals surface area (Å²) in [5, 5.41) is 0. The maximum atomic E-state index is 12.7. The number of hydrogen-bond donors (Lipinski definition) is 1. The molecule has 5 aromatic rings. The zero-order valence-electron chi connectivity index (χ0n) is 23.3. The Morgan fingerprint density at radius 2 is 1.59 bits per heavy atom. The van der Waals surface area contributed by atoms with Crippen molar-refractivity contribution in [1.29, 1.82) is 0 Å². The van der Waals surface area contributed by atoms with Gasteiger partial charge in [0, 0.05) is 12.6 Å². The molecule has 0 spiro atoms. The third-order valence-electron chi connectivity index (χ3n) is 7.68. The number of sulfonamides is 1. The zero-order valence-corrected chi connectivity index (χ0v) is 24.1. The first-order valence-corrected chi connectivity index (χ1v) is 15.5. The lowest BCUT2D eigenvalue weighted by Gasteiger charge is -2.14. The smallest absolute Gasteiger partial charge is 0.258 e. The average Bonchev–Trinajstić information content (AvgIpc) is 3.17. The first-order chi connectivity index (χ1) is 19.7. The maximum absolute atomic E-state index is 12.7. The number of nitrogens with zero attached hydrogens (tertiary/aromatic N) is 2. The molecule has 206 valence electrons. The summed E-state index contributed by atoms with van der Waals surface area (Å²) in [5.74, 6) is 0.299. The van der Waals surface area contributed by atoms with E-state index in [1.54, 1.807) is 0 Å². The van der Waals surface area contributed by atoms with Crippen LogP contribution in [-0.2, 0) is 34.2 Å². The van der Waals surface area contributed by atoms with Crippen molar-refractivity contribution in [2.24, 2.45) is 0 Å². The molecule has 7 heteroatoms. The highest BCUT2D eigenvalue weighted by atomic mass is 32.2. The third kappa shape index (κ3) is 5.45. The Labute approximate surface area is 240 Å². The second-order valence-electron chi connectivity index (χ2n) is 10.7. The van der Waals surface area contributed by atoms with Crippen LogP contribution < -0.4 is 4.72 Å². The van der Waals surface area contributed by atoms with Gasteiger partial charge in [-0.3, -0.25) is 4.79 Å². The van der Waals surface area contributed by atoms with Gasteiger partial charge >= 0.3 is 0 Å². The Morgan fingerprint density at radius 1 is 0.878 bits per heavy atom. The van der Waals surface area contributed by atoms with Crippen LogP contribution in [0.15, 0.2) is 91.0 Å². The summed E-state index contributed by atoms with van der Waals surface area (Å²) in [5.41, 5.74) is 11.6. The minimum absolute atomic E-state index is 0.653. The average molecular weight is 562 g/mol. The standard InChI is InChI=1S/C34H31N3O3S/c1-22-17-28(25-9-5-4-6-10-25)19-32-34(22)35-23(2)37(32)21-24-13-16-30-27(18-24)15-14-26-11-7-8-12-29(26)31(30)20-33(38)36-41(3,39)40/h4-13,16-20H,14-15,21H2,1-3H3,(H,36,38)/b31-20+. The zero-order chi connectivity index (χ0) is 28.7. The minimum atomic E-state index is -3.67. The second-order valence-corrected chi connectivity index (χ2v) is 12.5. The number of aromatic nitrogens is 2. The number of imidazole rings is 1. The Bertz CT molecular complexity index is 1950. The topological polar surface area (TPSA) is 81.1 Å². The van der Waals surface area contributed by atoms with Gasteiger partial charge in [-0.05, 0) is 88.9 Å². The largest absolute Gasteiger partial charge is 0.324 e. The van der Waals surface area contributed by atoms with E-state index < -0.39 is 15.9 Å². The second kappa shape index (κ2) is 10.5. The molecular formula is C34H31N3O3S. The molecule has 4 aromatic carbocycles. The van der Waals surface area contributed by atoms with Gasteiger partial charge in [-0.2, -0.15) is 0 Å². The van der Waals surface area contributed by atoms with E-state index in [9.17, 15) is 13.2 Å². The van der Waals surface area contributed by atoms with E-state index in [1.165, 1.54) is 17.2 Å². The Kier molecular flexibility index (Phi) is 6.83. The number of carbonyl (C=O) groups is 1. The summed E-state index contributed by atoms with van der Waals surface area (Å²) in [7, 11) is -3.67. The number of benzene rings is 4. The molecule has 0 fully saturated rings. The highest BCUT2D eigenvalue weighted by molar-refractivity contribution is 7.89. The first-order valence-electron chi connectivity index (χ1n) is 13.6. The first kappa shape index (κ1) is 26.7. The van der Waals surface area contributed by atoms with Crippen LogP contribution in [0.3, 0.4) is 0 Å². The van der Waals surface area contributed by atoms with Crippen LogP contribution in [0.2, 0.25) is 0 Å². The molecule has 0 unspecified atom stereocenters. The number of nitrogens with one attached hydrogen (secondary N) is 1. The van der Waals surface area contributed by atoms with Crippen LogP contribution in [0.5, 0.6) is 0 Å². The number of amides is 1. The highest BCUT2D eigenvalue weighted by Crippen LogP contribution is 2.35. The van der Waals surface area contributed by atoms with Gasteiger partial charge in [0.2, 0.25) is 10.0 Å². The highest BCUT2D eigenvalue weighted by Gasteiger charge is 2.21. The van der Waals surface area contributed by atoms with Gasteiger partial charge in [-0.15, -0.1) is 0 Å². The third-order valence-corrected chi connectivity index (χ3v) is 8.25. The Morgan fingerprint density at radius 3 is 2.37 bits per heavy atom. The van der Waals surface area contributed by atoms with Gasteiger partial charge in [-0.1, -0.05) is 72.8 Å². The van der Waals surface area contributed by atoms with Crippen molar-refractivity contribution in [1.82, 2.24) is 14.3 Å². The maximum Gasteiger partial charge on any atom is 0.258 e. The van der Waals surface area contributed by atoms with Gasteiger partial charge in [0.05, 0.1) is 17.3 Å². The molecule has 41 heavy (non-hydrogen) atoms. The van der Waals surface area contributed by atoms with E-state index in [0.29, 0.717) is 6.54 Å². The summed E-state index contributed by atoms with van der Waals surface area (Å²) < 4.78 is 27.8. The quantitative estimate of drug-likeness (QED) is 0.268. The van der Waals surface area contributed by atoms with Crippen molar-refractivity contribution in [3.63, 3.8) is 0 Å². The molecule has 1 aromatic heterocycles. The number of fused-ring (bicyclic) bond motifs is 3. The molecular weight excluding hydrogens is 530 g/mol. The minimum Gasteiger partial charge on any atom is -0.324 e. The van der Waals surface area contributed by atoms with Gasteiger partial charge in [0.15, 0.2) is 0 Å². The molecule has 6 nitrogen and oxygen atoms in total. The van der Waals surface area contributed by atoms with E-state index in [1.807, 2.05) is 31.2 Å². The number of aryl methyl sites for hydroxylation is 4. The molecule has 1 aliphatic carbocycles. The summed E-state index contributed by atoms with van der Waals surface area (Å²) >= 11 is 0. The van der Waals surface area contributed by atoms with Gasteiger partial charge in [-0.25, -0.2) is 18.1 Å². The van der Waals surface area contributed by atoms with Crippen LogP contribution in [0.1, 0.15) is 39.2 Å². The Hall–Kier alpha value is -4.49. The van der Waals surface area contributed by atoms with Crippen molar-refractivity contribution in [3.05, 3.63) is 130 Å². The van der Waals surface area contributed by atoms with Crippen molar-refractivity contribution < 1.29 is 13.2 Å². The van der Waals surface area contributed by atoms with Crippen LogP contribution in [-0.4, -0.2) is 30.1 Å². The van der Waals surface area contributed by atoms with Crippen LogP contribution in [0.25, 0.3) is 27.7 Å². The lowest BCUT2D eigenvalue weighted by Crippen LogP contribution is -2.27. The number of rotatable bonds is 5. The molecule has 0 atom stereocenters. The molecule has 0 bridgehead atoms. The molecule has 0 aliphatic heterocycles. The Balaban J connectivity index is 1.41. The van der Waals surface area contributed by atoms with Crippen LogP contribution >= 0.6 is 0 Å². The van der Waals surface area contributed by atoms with Crippen molar-refractivity contribution in [2.75, 3.05) is 6.26 Å². The van der Waals surface area contributed by atoms with E-state index in [2.05, 4.69) is 76.9 Å². The molecule has 1 aliphatic rings. The molecule has 1 N–H and O–H groups in total. The van der Waals surface area contributed by atoms with Gasteiger partial charge < -0.3 is 4.57 Å². The predicted molar refractivity (Wildman–Crippen MR) is 164 cm³/mol. The fourth-order valence-electron chi connectivity index (χ4n) is 5.82. The number of hydrogen-bond acceptors (Lipinski definition) is 4. The van der Waals surface area contributed by atoms with Crippen LogP contribution in [0.4, 0.5) is 0 Å². The predicted octanol–water partition coefficient (Wildman–Crippen LogP) is 5.97. The van der Waals surface area contributed by atoms with E-state index in [0.717, 1.165) is 74.9 Å². The van der Waals surface area contributed by atoms with Crippen LogP contribution in [0, 0.1) is 13.8 Å². The molecule has 0 radical (unpaired) electrons. The van der Waals surface area contributed by atoms with E-state index in [4.69, 9.17) is 4.98 Å². The lowest BCUT2D eigenvalue weighted by atomic mass is 9.92. The summed E-state index contributed by atoms with van der Waals surface area (Å²) in [6, 6.07) is 29.2. The van der Waals surface area contributed by atoms with Gasteiger partial charge in [0.25, 0.3) is 5.91 Å². The monoisotopic (exact) mass is 561 g/mol. The summed E-state index contributed by atoms with van der Waals surface area (Å²) in [6.45, 7) is 4.82. The fourth-order valence-corrected chi connectivity index (χ4v) is 6.24. The molecule has 6 rings (SSSR count). The van der Waals surface area contributed by atoms with Crippen molar-refractivity contribution in [2.45, 2.75) is 33.2 Å². The molecule has 0 saturated heterocycles. The fraction of sp³-hybridized carbons (Fsp3) is 0.176. The van der Waals surface area contributed by atoms with Crippen molar-refractivity contribution in [3.8, 4) is 11.1 Å². The van der Waals surface area contributed by atoms with Gasteiger partial charge in [0.1, 0.15) is 5.82 Å². The van der Waals surface area contributed by atoms with E-state index in [-0.39, 0.29) is 0 Å². The summed E-state index contributed by atoms with van der Waals surface area (Å²) in [6.07, 6.45) is 4.03. The number of carbonyl (C=O) groups excluding carboxylic acids is 1. The van der Waals surface area contributed by atoms with Crippen molar-refractivity contribution >= 4 is 32.5 Å². The SMILES string of the molecule is Cc1cc(-c2ccccc2)cc2c1nc(C)n2Cc1ccc2c(c1)CCc1ccccc1/C2=C\C(=O)NS(C)(=O)=O. The molecule has 1 amide bonds.